The summed E-state index contributed by atoms with van der Waals surface area (Å²) in [5.41, 5.74) is 0. The fourth-order valence-electron chi connectivity index (χ4n) is 1.19. The van der Waals surface area contributed by atoms with E-state index in [9.17, 15) is 4.39 Å². The zero-order valence-electron chi connectivity index (χ0n) is 6.77. The van der Waals surface area contributed by atoms with E-state index in [0.717, 1.165) is 6.42 Å². The zero-order chi connectivity index (χ0) is 8.55. The van der Waals surface area contributed by atoms with E-state index in [-0.39, 0.29) is 6.10 Å². The zero-order valence-corrected chi connectivity index (χ0v) is 6.77. The van der Waals surface area contributed by atoms with Gasteiger partial charge in [0.25, 0.3) is 0 Å². The molecule has 1 aliphatic rings. The molecule has 1 aromatic heterocycles. The Morgan fingerprint density at radius 2 is 2.58 bits per heavy atom. The van der Waals surface area contributed by atoms with Crippen LogP contribution >= 0.6 is 0 Å². The second-order valence-corrected chi connectivity index (χ2v) is 2.90. The summed E-state index contributed by atoms with van der Waals surface area (Å²) in [5.74, 6) is 0.347. The number of aryl methyl sites for hydroxylation is 1. The number of ether oxygens (including phenoxy) is 1. The minimum Gasteiger partial charge on any atom is -0.375 e. The Hall–Kier alpha value is -0.970. The number of rotatable bonds is 2. The van der Waals surface area contributed by atoms with Gasteiger partial charge in [-0.1, -0.05) is 0 Å². The largest absolute Gasteiger partial charge is 0.375 e. The van der Waals surface area contributed by atoms with Gasteiger partial charge >= 0.3 is 0 Å². The molecule has 2 rings (SSSR count). The van der Waals surface area contributed by atoms with Crippen LogP contribution in [0.2, 0.25) is 0 Å². The molecule has 4 nitrogen and oxygen atoms in total. The number of hydrogen-bond acceptors (Lipinski definition) is 3. The molecule has 1 saturated heterocycles. The van der Waals surface area contributed by atoms with Crippen molar-refractivity contribution in [2.45, 2.75) is 18.7 Å². The van der Waals surface area contributed by atoms with Crippen LogP contribution in [0.15, 0.2) is 6.33 Å². The summed E-state index contributed by atoms with van der Waals surface area (Å²) in [5, 5.41) is 7.28. The van der Waals surface area contributed by atoms with Gasteiger partial charge in [-0.05, 0) is 0 Å². The van der Waals surface area contributed by atoms with Gasteiger partial charge in [0.1, 0.15) is 6.33 Å². The molecule has 0 aliphatic carbocycles. The molecule has 0 bridgehead atoms. The Morgan fingerprint density at radius 3 is 3.00 bits per heavy atom. The molecule has 1 aromatic rings. The molecule has 12 heavy (non-hydrogen) atoms. The van der Waals surface area contributed by atoms with Crippen LogP contribution in [0.3, 0.4) is 0 Å². The van der Waals surface area contributed by atoms with Crippen molar-refractivity contribution in [3.05, 3.63) is 12.2 Å². The normalized spacial score (nSPS) is 25.0. The monoisotopic (exact) mass is 171 g/mol. The van der Waals surface area contributed by atoms with Gasteiger partial charge in [0.05, 0.1) is 6.10 Å². The highest BCUT2D eigenvalue weighted by Gasteiger charge is 2.32. The number of aromatic nitrogens is 3. The SMILES string of the molecule is Cn1cnnc1[C@H](F)[C@@H]1CCO1. The summed E-state index contributed by atoms with van der Waals surface area (Å²) in [6, 6.07) is 0. The Kier molecular flexibility index (Phi) is 1.80. The first-order valence-electron chi connectivity index (χ1n) is 3.88. The molecule has 5 heteroatoms. The average Bonchev–Trinajstić information content (AvgIpc) is 2.31. The molecule has 0 saturated carbocycles. The average molecular weight is 171 g/mol. The van der Waals surface area contributed by atoms with Crippen LogP contribution in [0, 0.1) is 0 Å². The molecule has 0 amide bonds. The highest BCUT2D eigenvalue weighted by molar-refractivity contribution is 4.95. The van der Waals surface area contributed by atoms with Crippen molar-refractivity contribution in [2.24, 2.45) is 7.05 Å². The van der Waals surface area contributed by atoms with Crippen molar-refractivity contribution < 1.29 is 9.13 Å². The van der Waals surface area contributed by atoms with E-state index in [2.05, 4.69) is 10.2 Å². The smallest absolute Gasteiger partial charge is 0.186 e. The molecule has 2 atom stereocenters. The van der Waals surface area contributed by atoms with Crippen LogP contribution in [-0.2, 0) is 11.8 Å². The standard InChI is InChI=1S/C7H10FN3O/c1-11-4-9-10-7(11)6(8)5-2-3-12-5/h4-6H,2-3H2,1H3/t5-,6+/m0/s1. The van der Waals surface area contributed by atoms with E-state index < -0.39 is 6.17 Å². The maximum absolute atomic E-state index is 13.4. The van der Waals surface area contributed by atoms with Gasteiger partial charge in [0.15, 0.2) is 12.0 Å². The summed E-state index contributed by atoms with van der Waals surface area (Å²) in [7, 11) is 1.72. The quantitative estimate of drug-likeness (QED) is 0.654. The van der Waals surface area contributed by atoms with Gasteiger partial charge in [-0.2, -0.15) is 0 Å². The highest BCUT2D eigenvalue weighted by Crippen LogP contribution is 2.28. The lowest BCUT2D eigenvalue weighted by Crippen LogP contribution is -2.32. The molecule has 0 radical (unpaired) electrons. The number of halogens is 1. The summed E-state index contributed by atoms with van der Waals surface area (Å²) in [6.07, 6.45) is 0.813. The fraction of sp³-hybridized carbons (Fsp3) is 0.714. The summed E-state index contributed by atoms with van der Waals surface area (Å²) < 4.78 is 20.0. The van der Waals surface area contributed by atoms with Gasteiger partial charge < -0.3 is 9.30 Å². The molecule has 0 unspecified atom stereocenters. The summed E-state index contributed by atoms with van der Waals surface area (Å²) in [6.45, 7) is 0.656. The van der Waals surface area contributed by atoms with Crippen LogP contribution in [0.5, 0.6) is 0 Å². The van der Waals surface area contributed by atoms with E-state index in [0.29, 0.717) is 12.4 Å². The lowest BCUT2D eigenvalue weighted by atomic mass is 10.1. The maximum atomic E-state index is 13.4. The fourth-order valence-corrected chi connectivity index (χ4v) is 1.19. The maximum Gasteiger partial charge on any atom is 0.186 e. The van der Waals surface area contributed by atoms with Crippen LogP contribution in [0.4, 0.5) is 4.39 Å². The summed E-state index contributed by atoms with van der Waals surface area (Å²) in [4.78, 5) is 0. The molecule has 0 N–H and O–H groups in total. The predicted octanol–water partition coefficient (Wildman–Crippen LogP) is 0.615. The van der Waals surface area contributed by atoms with Crippen LogP contribution < -0.4 is 0 Å². The van der Waals surface area contributed by atoms with Crippen molar-refractivity contribution >= 4 is 0 Å². The lowest BCUT2D eigenvalue weighted by molar-refractivity contribution is -0.0965. The molecular weight excluding hydrogens is 161 g/mol. The Morgan fingerprint density at radius 1 is 1.83 bits per heavy atom. The molecule has 0 aromatic carbocycles. The van der Waals surface area contributed by atoms with Crippen molar-refractivity contribution in [1.82, 2.24) is 14.8 Å². The van der Waals surface area contributed by atoms with Crippen molar-refractivity contribution in [2.75, 3.05) is 6.61 Å². The van der Waals surface area contributed by atoms with E-state index in [1.54, 1.807) is 11.6 Å². The molecule has 1 aliphatic heterocycles. The summed E-state index contributed by atoms with van der Waals surface area (Å²) >= 11 is 0. The van der Waals surface area contributed by atoms with Crippen LogP contribution in [-0.4, -0.2) is 27.5 Å². The highest BCUT2D eigenvalue weighted by atomic mass is 19.1. The van der Waals surface area contributed by atoms with E-state index in [4.69, 9.17) is 4.74 Å². The van der Waals surface area contributed by atoms with Gasteiger partial charge in [0.2, 0.25) is 0 Å². The number of nitrogens with zero attached hydrogens (tertiary/aromatic N) is 3. The first-order chi connectivity index (χ1) is 5.79. The van der Waals surface area contributed by atoms with Crippen LogP contribution in [0.25, 0.3) is 0 Å². The van der Waals surface area contributed by atoms with Gasteiger partial charge in [-0.25, -0.2) is 4.39 Å². The lowest BCUT2D eigenvalue weighted by Gasteiger charge is -2.28. The van der Waals surface area contributed by atoms with E-state index in [1.807, 2.05) is 0 Å². The van der Waals surface area contributed by atoms with Gasteiger partial charge in [-0.15, -0.1) is 10.2 Å². The second kappa shape index (κ2) is 2.82. The van der Waals surface area contributed by atoms with Crippen molar-refractivity contribution in [3.63, 3.8) is 0 Å². The minimum absolute atomic E-state index is 0.312. The van der Waals surface area contributed by atoms with E-state index >= 15 is 0 Å². The van der Waals surface area contributed by atoms with Crippen molar-refractivity contribution in [3.8, 4) is 0 Å². The second-order valence-electron chi connectivity index (χ2n) is 2.90. The third-order valence-corrected chi connectivity index (χ3v) is 2.05. The van der Waals surface area contributed by atoms with Gasteiger partial charge in [-0.3, -0.25) is 0 Å². The molecule has 0 spiro atoms. The number of hydrogen-bond donors (Lipinski definition) is 0. The Balaban J connectivity index is 2.13. The Labute approximate surface area is 69.4 Å². The van der Waals surface area contributed by atoms with Crippen LogP contribution in [0.1, 0.15) is 18.4 Å². The van der Waals surface area contributed by atoms with Crippen molar-refractivity contribution in [1.29, 1.82) is 0 Å². The van der Waals surface area contributed by atoms with E-state index in [1.165, 1.54) is 6.33 Å². The molecule has 66 valence electrons. The first kappa shape index (κ1) is 7.67. The third-order valence-electron chi connectivity index (χ3n) is 2.05. The van der Waals surface area contributed by atoms with Gasteiger partial charge in [0, 0.05) is 20.1 Å². The third kappa shape index (κ3) is 1.10. The molecule has 1 fully saturated rings. The minimum atomic E-state index is -1.13. The molecule has 2 heterocycles. The molecular formula is C7H10FN3O. The predicted molar refractivity (Wildman–Crippen MR) is 39.2 cm³/mol. The topological polar surface area (TPSA) is 39.9 Å². The Bertz CT molecular complexity index is 271. The number of alkyl halides is 1. The first-order valence-corrected chi connectivity index (χ1v) is 3.88.